The van der Waals surface area contributed by atoms with E-state index in [1.807, 2.05) is 56.3 Å². The second kappa shape index (κ2) is 7.03. The molecule has 0 fully saturated rings. The molecular formula is C23H17N3O3S. The van der Waals surface area contributed by atoms with Gasteiger partial charge in [-0.1, -0.05) is 35.1 Å². The number of pyridine rings is 1. The van der Waals surface area contributed by atoms with Crippen LogP contribution in [0.2, 0.25) is 0 Å². The minimum Gasteiger partial charge on any atom is -0.456 e. The summed E-state index contributed by atoms with van der Waals surface area (Å²) in [7, 11) is 0. The zero-order valence-electron chi connectivity index (χ0n) is 16.4. The van der Waals surface area contributed by atoms with E-state index in [9.17, 15) is 9.59 Å². The monoisotopic (exact) mass is 415 g/mol. The predicted octanol–water partition coefficient (Wildman–Crippen LogP) is 4.43. The number of carbonyl (C=O) groups excluding carboxylic acids is 1. The summed E-state index contributed by atoms with van der Waals surface area (Å²) in [5.41, 5.74) is 4.04. The predicted molar refractivity (Wildman–Crippen MR) is 117 cm³/mol. The third kappa shape index (κ3) is 3.13. The third-order valence-corrected chi connectivity index (χ3v) is 5.93. The molecule has 148 valence electrons. The SMILES string of the molecule is Cc1ccc2nc(C)cc(C(=O)OCc3cc(=O)n4c(n3)sc3ccccc34)c2c1. The first-order chi connectivity index (χ1) is 14.5. The second-order valence-electron chi connectivity index (χ2n) is 7.18. The summed E-state index contributed by atoms with van der Waals surface area (Å²) >= 11 is 1.43. The molecule has 0 radical (unpaired) electrons. The lowest BCUT2D eigenvalue weighted by Gasteiger charge is -2.09. The Morgan fingerprint density at radius 1 is 1.07 bits per heavy atom. The van der Waals surface area contributed by atoms with Crippen molar-refractivity contribution in [2.24, 2.45) is 0 Å². The van der Waals surface area contributed by atoms with Crippen LogP contribution in [0.25, 0.3) is 26.1 Å². The minimum atomic E-state index is -0.463. The second-order valence-corrected chi connectivity index (χ2v) is 8.19. The van der Waals surface area contributed by atoms with Crippen molar-refractivity contribution in [2.45, 2.75) is 20.5 Å². The average molecular weight is 415 g/mol. The van der Waals surface area contributed by atoms with Gasteiger partial charge in [0.05, 0.1) is 27.0 Å². The van der Waals surface area contributed by atoms with Gasteiger partial charge in [-0.15, -0.1) is 0 Å². The number of hydrogen-bond acceptors (Lipinski definition) is 6. The number of nitrogens with zero attached hydrogens (tertiary/aromatic N) is 3. The van der Waals surface area contributed by atoms with Crippen molar-refractivity contribution >= 4 is 43.4 Å². The molecule has 0 unspecified atom stereocenters. The van der Waals surface area contributed by atoms with Gasteiger partial charge >= 0.3 is 5.97 Å². The van der Waals surface area contributed by atoms with Gasteiger partial charge in [0.15, 0.2) is 4.96 Å². The molecule has 0 aliphatic carbocycles. The highest BCUT2D eigenvalue weighted by Crippen LogP contribution is 2.24. The van der Waals surface area contributed by atoms with Crippen LogP contribution in [0.1, 0.15) is 27.3 Å². The van der Waals surface area contributed by atoms with E-state index in [0.717, 1.165) is 32.4 Å². The number of thiazole rings is 1. The number of esters is 1. The average Bonchev–Trinajstić information content (AvgIpc) is 3.10. The van der Waals surface area contributed by atoms with Crippen LogP contribution in [0.4, 0.5) is 0 Å². The van der Waals surface area contributed by atoms with Crippen molar-refractivity contribution in [1.29, 1.82) is 0 Å². The molecule has 6 nitrogen and oxygen atoms in total. The molecule has 3 aromatic heterocycles. The highest BCUT2D eigenvalue weighted by Gasteiger charge is 2.15. The maximum atomic E-state index is 12.8. The van der Waals surface area contributed by atoms with E-state index >= 15 is 0 Å². The largest absolute Gasteiger partial charge is 0.456 e. The molecule has 0 aliphatic rings. The quantitative estimate of drug-likeness (QED) is 0.408. The summed E-state index contributed by atoms with van der Waals surface area (Å²) in [5.74, 6) is -0.463. The number of para-hydroxylation sites is 1. The fourth-order valence-corrected chi connectivity index (χ4v) is 4.61. The van der Waals surface area contributed by atoms with Crippen LogP contribution < -0.4 is 5.56 Å². The zero-order valence-corrected chi connectivity index (χ0v) is 17.2. The Morgan fingerprint density at radius 3 is 2.77 bits per heavy atom. The van der Waals surface area contributed by atoms with Gasteiger partial charge in [-0.3, -0.25) is 14.2 Å². The summed E-state index contributed by atoms with van der Waals surface area (Å²) in [6.07, 6.45) is 0. The summed E-state index contributed by atoms with van der Waals surface area (Å²) < 4.78 is 8.08. The van der Waals surface area contributed by atoms with Crippen LogP contribution in [0.15, 0.2) is 59.4 Å². The van der Waals surface area contributed by atoms with E-state index in [0.29, 0.717) is 16.2 Å². The number of fused-ring (bicyclic) bond motifs is 4. The first kappa shape index (κ1) is 18.4. The highest BCUT2D eigenvalue weighted by atomic mass is 32.1. The van der Waals surface area contributed by atoms with Gasteiger partial charge in [-0.25, -0.2) is 9.78 Å². The molecule has 3 heterocycles. The van der Waals surface area contributed by atoms with Crippen molar-refractivity contribution in [1.82, 2.24) is 14.4 Å². The van der Waals surface area contributed by atoms with Gasteiger partial charge in [0, 0.05) is 17.1 Å². The summed E-state index contributed by atoms with van der Waals surface area (Å²) in [4.78, 5) is 35.0. The Morgan fingerprint density at radius 2 is 1.90 bits per heavy atom. The van der Waals surface area contributed by atoms with Crippen molar-refractivity contribution in [3.8, 4) is 0 Å². The fourth-order valence-electron chi connectivity index (χ4n) is 3.56. The molecule has 0 bridgehead atoms. The standard InChI is InChI=1S/C23H17N3O3S/c1-13-7-8-18-16(9-13)17(10-14(2)24-18)22(28)29-12-15-11-21(27)26-19-5-3-4-6-20(19)30-23(26)25-15/h3-11H,12H2,1-2H3. The number of carbonyl (C=O) groups is 1. The Kier molecular flexibility index (Phi) is 4.33. The molecule has 7 heteroatoms. The van der Waals surface area contributed by atoms with Crippen LogP contribution in [0, 0.1) is 13.8 Å². The molecule has 30 heavy (non-hydrogen) atoms. The molecule has 2 aromatic carbocycles. The summed E-state index contributed by atoms with van der Waals surface area (Å²) in [6, 6.07) is 16.6. The molecule has 0 atom stereocenters. The van der Waals surface area contributed by atoms with Gasteiger partial charge < -0.3 is 4.74 Å². The molecule has 0 aliphatic heterocycles. The van der Waals surface area contributed by atoms with E-state index < -0.39 is 5.97 Å². The molecule has 0 saturated carbocycles. The lowest BCUT2D eigenvalue weighted by atomic mass is 10.1. The molecule has 0 N–H and O–H groups in total. The summed E-state index contributed by atoms with van der Waals surface area (Å²) in [5, 5.41) is 0.749. The highest BCUT2D eigenvalue weighted by molar-refractivity contribution is 7.23. The number of rotatable bonds is 3. The smallest absolute Gasteiger partial charge is 0.339 e. The van der Waals surface area contributed by atoms with E-state index in [-0.39, 0.29) is 12.2 Å². The van der Waals surface area contributed by atoms with E-state index in [4.69, 9.17) is 4.74 Å². The third-order valence-electron chi connectivity index (χ3n) is 4.91. The molecule has 0 spiro atoms. The Bertz CT molecular complexity index is 1520. The van der Waals surface area contributed by atoms with Crippen LogP contribution in [0.5, 0.6) is 0 Å². The zero-order chi connectivity index (χ0) is 20.8. The Hall–Kier alpha value is -3.58. The molecule has 5 rings (SSSR count). The number of benzene rings is 2. The van der Waals surface area contributed by atoms with Gasteiger partial charge in [0.25, 0.3) is 5.56 Å². The van der Waals surface area contributed by atoms with E-state index in [1.165, 1.54) is 17.4 Å². The van der Waals surface area contributed by atoms with E-state index in [1.54, 1.807) is 10.5 Å². The maximum Gasteiger partial charge on any atom is 0.339 e. The fraction of sp³-hybridized carbons (Fsp3) is 0.130. The van der Waals surface area contributed by atoms with Crippen LogP contribution >= 0.6 is 11.3 Å². The number of aryl methyl sites for hydroxylation is 2. The lowest BCUT2D eigenvalue weighted by molar-refractivity contribution is 0.0470. The topological polar surface area (TPSA) is 73.6 Å². The summed E-state index contributed by atoms with van der Waals surface area (Å²) in [6.45, 7) is 3.73. The van der Waals surface area contributed by atoms with Crippen LogP contribution in [-0.4, -0.2) is 20.3 Å². The van der Waals surface area contributed by atoms with Gasteiger partial charge in [0.2, 0.25) is 0 Å². The van der Waals surface area contributed by atoms with Crippen molar-refractivity contribution in [2.75, 3.05) is 0 Å². The van der Waals surface area contributed by atoms with Crippen LogP contribution in [0.3, 0.4) is 0 Å². The molecule has 5 aromatic rings. The number of ether oxygens (including phenoxy) is 1. The van der Waals surface area contributed by atoms with Gasteiger partial charge in [0.1, 0.15) is 6.61 Å². The van der Waals surface area contributed by atoms with Crippen molar-refractivity contribution in [3.05, 3.63) is 87.5 Å². The number of hydrogen-bond donors (Lipinski definition) is 0. The number of aromatic nitrogens is 3. The first-order valence-electron chi connectivity index (χ1n) is 9.45. The van der Waals surface area contributed by atoms with Gasteiger partial charge in [-0.05, 0) is 44.2 Å². The van der Waals surface area contributed by atoms with Crippen molar-refractivity contribution < 1.29 is 9.53 Å². The lowest BCUT2D eigenvalue weighted by Crippen LogP contribution is -2.15. The Balaban J connectivity index is 1.48. The molecule has 0 amide bonds. The van der Waals surface area contributed by atoms with Crippen LogP contribution in [-0.2, 0) is 11.3 Å². The first-order valence-corrected chi connectivity index (χ1v) is 10.3. The molecule has 0 saturated heterocycles. The van der Waals surface area contributed by atoms with Gasteiger partial charge in [-0.2, -0.15) is 0 Å². The normalized spacial score (nSPS) is 11.4. The Labute approximate surface area is 175 Å². The van der Waals surface area contributed by atoms with E-state index in [2.05, 4.69) is 9.97 Å². The molecular weight excluding hydrogens is 398 g/mol. The minimum absolute atomic E-state index is 0.0759. The van der Waals surface area contributed by atoms with Crippen molar-refractivity contribution in [3.63, 3.8) is 0 Å². The maximum absolute atomic E-state index is 12.8.